The molecule has 1 N–H and O–H groups in total. The quantitative estimate of drug-likeness (QED) is 0.0673. The molecule has 0 unspecified atom stereocenters. The number of allylic oxidation sites excluding steroid dienone is 2. The third-order valence-electron chi connectivity index (χ3n) is 8.17. The molecule has 0 aromatic carbocycles. The maximum Gasteiger partial charge on any atom is 0.0431 e. The Hall–Kier alpha value is -0.300. The van der Waals surface area contributed by atoms with E-state index in [1.165, 1.54) is 199 Å². The van der Waals surface area contributed by atoms with Crippen LogP contribution in [0, 0.1) is 0 Å². The summed E-state index contributed by atoms with van der Waals surface area (Å²) in [7, 11) is 0. The third kappa shape index (κ3) is 35.7. The van der Waals surface area contributed by atoms with Crippen molar-refractivity contribution in [2.45, 2.75) is 212 Å². The fraction of sp³-hybridized carbons (Fsp3) is 0.944. The molecule has 1 nitrogen and oxygen atoms in total. The molecule has 1 heteroatoms. The second kappa shape index (κ2) is 35.7. The number of rotatable bonds is 33. The summed E-state index contributed by atoms with van der Waals surface area (Å²) < 4.78 is 0. The molecule has 0 atom stereocenters. The van der Waals surface area contributed by atoms with Gasteiger partial charge in [-0.1, -0.05) is 192 Å². The molecule has 37 heavy (non-hydrogen) atoms. The van der Waals surface area contributed by atoms with E-state index in [-0.39, 0.29) is 0 Å². The largest absolute Gasteiger partial charge is 0.396 e. The second-order valence-electron chi connectivity index (χ2n) is 12.0. The number of aliphatic hydroxyl groups is 1. The van der Waals surface area contributed by atoms with E-state index < -0.39 is 0 Å². The van der Waals surface area contributed by atoms with Crippen LogP contribution in [0.5, 0.6) is 0 Å². The van der Waals surface area contributed by atoms with Gasteiger partial charge in [0.2, 0.25) is 0 Å². The van der Waals surface area contributed by atoms with E-state index in [0.717, 1.165) is 6.42 Å². The summed E-state index contributed by atoms with van der Waals surface area (Å²) in [5.74, 6) is 0. The molecule has 0 fully saturated rings. The molecule has 0 saturated heterocycles. The van der Waals surface area contributed by atoms with E-state index >= 15 is 0 Å². The van der Waals surface area contributed by atoms with Crippen molar-refractivity contribution in [1.29, 1.82) is 0 Å². The van der Waals surface area contributed by atoms with Crippen molar-refractivity contribution in [3.8, 4) is 0 Å². The Bertz CT molecular complexity index is 401. The fourth-order valence-corrected chi connectivity index (χ4v) is 5.54. The van der Waals surface area contributed by atoms with Crippen LogP contribution in [0.3, 0.4) is 0 Å². The highest BCUT2D eigenvalue weighted by Gasteiger charge is 1.96. The Morgan fingerprint density at radius 1 is 0.297 bits per heavy atom. The van der Waals surface area contributed by atoms with E-state index in [1.54, 1.807) is 0 Å². The molecule has 0 aromatic heterocycles. The average Bonchev–Trinajstić information content (AvgIpc) is 2.91. The van der Waals surface area contributed by atoms with Gasteiger partial charge in [-0.15, -0.1) is 0 Å². The highest BCUT2D eigenvalue weighted by Crippen LogP contribution is 2.16. The Balaban J connectivity index is 3.05. The van der Waals surface area contributed by atoms with E-state index in [9.17, 15) is 0 Å². The fourth-order valence-electron chi connectivity index (χ4n) is 5.54. The van der Waals surface area contributed by atoms with Gasteiger partial charge < -0.3 is 5.11 Å². The van der Waals surface area contributed by atoms with Crippen LogP contribution < -0.4 is 0 Å². The second-order valence-corrected chi connectivity index (χ2v) is 12.0. The summed E-state index contributed by atoms with van der Waals surface area (Å²) in [6.07, 6.45) is 50.1. The lowest BCUT2D eigenvalue weighted by molar-refractivity contribution is 0.282. The minimum atomic E-state index is 0.363. The van der Waals surface area contributed by atoms with Gasteiger partial charge in [0.25, 0.3) is 0 Å². The van der Waals surface area contributed by atoms with Gasteiger partial charge >= 0.3 is 0 Å². The van der Waals surface area contributed by atoms with E-state index in [2.05, 4.69) is 19.1 Å². The van der Waals surface area contributed by atoms with Crippen molar-refractivity contribution < 1.29 is 5.11 Å². The molecule has 0 aromatic rings. The Morgan fingerprint density at radius 2 is 0.514 bits per heavy atom. The molecule has 0 amide bonds. The highest BCUT2D eigenvalue weighted by molar-refractivity contribution is 4.81. The molecule has 0 heterocycles. The zero-order valence-electron chi connectivity index (χ0n) is 25.9. The topological polar surface area (TPSA) is 20.2 Å². The van der Waals surface area contributed by atoms with Gasteiger partial charge in [-0.2, -0.15) is 0 Å². The smallest absolute Gasteiger partial charge is 0.0431 e. The number of unbranched alkanes of at least 4 members (excludes halogenated alkanes) is 30. The normalized spacial score (nSPS) is 11.7. The van der Waals surface area contributed by atoms with Gasteiger partial charge in [0.05, 0.1) is 0 Å². The van der Waals surface area contributed by atoms with Crippen LogP contribution in [0.25, 0.3) is 0 Å². The van der Waals surface area contributed by atoms with Gasteiger partial charge in [0, 0.05) is 6.61 Å². The van der Waals surface area contributed by atoms with Crippen LogP contribution in [0.4, 0.5) is 0 Å². The SMILES string of the molecule is CCCCCCCCCCCCCCCCCCCCCCCCCC/C=C\CCCCCCCCO. The molecule has 0 aliphatic heterocycles. The van der Waals surface area contributed by atoms with Gasteiger partial charge in [-0.25, -0.2) is 0 Å². The van der Waals surface area contributed by atoms with Crippen molar-refractivity contribution in [3.05, 3.63) is 12.2 Å². The minimum Gasteiger partial charge on any atom is -0.396 e. The molecule has 0 rings (SSSR count). The average molecular weight is 521 g/mol. The minimum absolute atomic E-state index is 0.363. The summed E-state index contributed by atoms with van der Waals surface area (Å²) in [5, 5.41) is 8.77. The first-order chi connectivity index (χ1) is 18.4. The van der Waals surface area contributed by atoms with Crippen LogP contribution in [-0.4, -0.2) is 11.7 Å². The van der Waals surface area contributed by atoms with Crippen molar-refractivity contribution in [2.75, 3.05) is 6.61 Å². The Kier molecular flexibility index (Phi) is 35.4. The summed E-state index contributed by atoms with van der Waals surface area (Å²) in [5.41, 5.74) is 0. The number of hydrogen-bond donors (Lipinski definition) is 1. The Labute approximate surface area is 236 Å². The van der Waals surface area contributed by atoms with E-state index in [4.69, 9.17) is 5.11 Å². The van der Waals surface area contributed by atoms with Crippen LogP contribution >= 0.6 is 0 Å². The predicted molar refractivity (Wildman–Crippen MR) is 170 cm³/mol. The van der Waals surface area contributed by atoms with Crippen molar-refractivity contribution in [3.63, 3.8) is 0 Å². The molecule has 0 aliphatic carbocycles. The molecule has 0 saturated carbocycles. The summed E-state index contributed by atoms with van der Waals surface area (Å²) >= 11 is 0. The van der Waals surface area contributed by atoms with Crippen molar-refractivity contribution in [1.82, 2.24) is 0 Å². The zero-order valence-corrected chi connectivity index (χ0v) is 25.9. The molecule has 0 radical (unpaired) electrons. The lowest BCUT2D eigenvalue weighted by Crippen LogP contribution is -1.84. The standard InChI is InChI=1S/C36H72O/c1-2-3-4-5-6-7-8-9-10-11-12-13-14-15-16-17-18-19-20-21-22-23-24-25-26-27-28-29-30-31-32-33-34-35-36-37/h27-28,37H,2-26,29-36H2,1H3/b28-27-. The Morgan fingerprint density at radius 3 is 0.757 bits per heavy atom. The first-order valence-electron chi connectivity index (χ1n) is 17.7. The van der Waals surface area contributed by atoms with E-state index in [0.29, 0.717) is 6.61 Å². The van der Waals surface area contributed by atoms with Crippen molar-refractivity contribution in [2.24, 2.45) is 0 Å². The monoisotopic (exact) mass is 521 g/mol. The summed E-state index contributed by atoms with van der Waals surface area (Å²) in [4.78, 5) is 0. The van der Waals surface area contributed by atoms with Gasteiger partial charge in [0.15, 0.2) is 0 Å². The number of hydrogen-bond acceptors (Lipinski definition) is 1. The van der Waals surface area contributed by atoms with Crippen LogP contribution in [0.1, 0.15) is 212 Å². The summed E-state index contributed by atoms with van der Waals surface area (Å²) in [6, 6.07) is 0. The molecular weight excluding hydrogens is 448 g/mol. The maximum absolute atomic E-state index is 8.77. The third-order valence-corrected chi connectivity index (χ3v) is 8.17. The van der Waals surface area contributed by atoms with Gasteiger partial charge in [0.1, 0.15) is 0 Å². The van der Waals surface area contributed by atoms with Crippen LogP contribution in [-0.2, 0) is 0 Å². The predicted octanol–water partition coefficient (Wildman–Crippen LogP) is 13.0. The van der Waals surface area contributed by atoms with Crippen molar-refractivity contribution >= 4 is 0 Å². The molecule has 0 aliphatic rings. The molecule has 222 valence electrons. The van der Waals surface area contributed by atoms with Crippen LogP contribution in [0.15, 0.2) is 12.2 Å². The van der Waals surface area contributed by atoms with Gasteiger partial charge in [-0.3, -0.25) is 0 Å². The first-order valence-corrected chi connectivity index (χ1v) is 17.7. The highest BCUT2D eigenvalue weighted by atomic mass is 16.2. The lowest BCUT2D eigenvalue weighted by Gasteiger charge is -2.04. The number of aliphatic hydroxyl groups excluding tert-OH is 1. The van der Waals surface area contributed by atoms with E-state index in [1.807, 2.05) is 0 Å². The molecule has 0 bridgehead atoms. The summed E-state index contributed by atoms with van der Waals surface area (Å²) in [6.45, 7) is 2.67. The maximum atomic E-state index is 8.77. The van der Waals surface area contributed by atoms with Gasteiger partial charge in [-0.05, 0) is 32.1 Å². The first kappa shape index (κ1) is 36.7. The lowest BCUT2D eigenvalue weighted by atomic mass is 10.0. The zero-order chi connectivity index (χ0) is 26.7. The molecular formula is C36H72O. The molecule has 0 spiro atoms. The van der Waals surface area contributed by atoms with Crippen LogP contribution in [0.2, 0.25) is 0 Å².